The van der Waals surface area contributed by atoms with Gasteiger partial charge in [0.1, 0.15) is 0 Å². The zero-order chi connectivity index (χ0) is 18.1. The van der Waals surface area contributed by atoms with Crippen molar-refractivity contribution in [3.05, 3.63) is 34.9 Å². The summed E-state index contributed by atoms with van der Waals surface area (Å²) in [6, 6.07) is 0. The van der Waals surface area contributed by atoms with E-state index >= 15 is 0 Å². The van der Waals surface area contributed by atoms with E-state index in [1.807, 2.05) is 6.92 Å². The second kappa shape index (κ2) is 10.4. The van der Waals surface area contributed by atoms with Crippen molar-refractivity contribution in [3.63, 3.8) is 0 Å². The van der Waals surface area contributed by atoms with Crippen molar-refractivity contribution < 1.29 is 23.2 Å². The summed E-state index contributed by atoms with van der Waals surface area (Å²) in [5.74, 6) is 0. The summed E-state index contributed by atoms with van der Waals surface area (Å²) in [4.78, 5) is 18.5. The van der Waals surface area contributed by atoms with E-state index in [1.165, 1.54) is 11.1 Å². The van der Waals surface area contributed by atoms with Gasteiger partial charge in [0, 0.05) is 6.66 Å². The quantitative estimate of drug-likeness (QED) is 0.399. The molecule has 0 aromatic carbocycles. The Balaban J connectivity index is 4.28. The van der Waals surface area contributed by atoms with Crippen molar-refractivity contribution >= 4 is 15.2 Å². The number of hydrogen-bond donors (Lipinski definition) is 2. The summed E-state index contributed by atoms with van der Waals surface area (Å²) in [6.45, 7) is 9.05. The molecule has 2 atom stereocenters. The Morgan fingerprint density at radius 3 is 1.87 bits per heavy atom. The predicted octanol–water partition coefficient (Wildman–Crippen LogP) is 5.42. The molecule has 0 aliphatic rings. The van der Waals surface area contributed by atoms with Gasteiger partial charge in [-0.25, -0.2) is 4.31 Å². The predicted molar refractivity (Wildman–Crippen MR) is 96.9 cm³/mol. The maximum Gasteiger partial charge on any atom is 0.339 e. The van der Waals surface area contributed by atoms with Crippen LogP contribution in [0, 0.1) is 0 Å². The lowest BCUT2D eigenvalue weighted by Crippen LogP contribution is -1.92. The molecule has 2 unspecified atom stereocenters. The molecule has 0 aliphatic heterocycles. The van der Waals surface area contributed by atoms with E-state index < -0.39 is 15.2 Å². The Hall–Kier alpha value is -0.440. The Morgan fingerprint density at radius 2 is 1.39 bits per heavy atom. The molecule has 23 heavy (non-hydrogen) atoms. The fourth-order valence-electron chi connectivity index (χ4n) is 1.88. The molecule has 5 nitrogen and oxygen atoms in total. The van der Waals surface area contributed by atoms with E-state index in [1.54, 1.807) is 6.08 Å². The van der Waals surface area contributed by atoms with E-state index in [-0.39, 0.29) is 6.16 Å². The van der Waals surface area contributed by atoms with Crippen LogP contribution in [0.5, 0.6) is 0 Å². The van der Waals surface area contributed by atoms with Crippen LogP contribution >= 0.6 is 15.2 Å². The highest BCUT2D eigenvalue weighted by Gasteiger charge is 2.26. The summed E-state index contributed by atoms with van der Waals surface area (Å²) in [5, 5.41) is 0. The fraction of sp³-hybridized carbons (Fsp3) is 0.625. The van der Waals surface area contributed by atoms with Crippen molar-refractivity contribution in [3.8, 4) is 0 Å². The fourth-order valence-corrected chi connectivity index (χ4v) is 4.58. The summed E-state index contributed by atoms with van der Waals surface area (Å²) < 4.78 is 27.0. The molecule has 0 aromatic heterocycles. The van der Waals surface area contributed by atoms with Crippen LogP contribution in [0.1, 0.15) is 53.4 Å². The lowest BCUT2D eigenvalue weighted by Gasteiger charge is -2.12. The summed E-state index contributed by atoms with van der Waals surface area (Å²) in [5.41, 5.74) is 3.62. The highest BCUT2D eigenvalue weighted by atomic mass is 31.3. The molecule has 0 saturated carbocycles. The zero-order valence-electron chi connectivity index (χ0n) is 14.8. The lowest BCUT2D eigenvalue weighted by molar-refractivity contribution is 0.339. The van der Waals surface area contributed by atoms with Gasteiger partial charge in [0.15, 0.2) is 0 Å². The Kier molecular flexibility index (Phi) is 10.2. The van der Waals surface area contributed by atoms with Gasteiger partial charge in [-0.15, -0.1) is 0 Å². The van der Waals surface area contributed by atoms with Gasteiger partial charge >= 0.3 is 15.2 Å². The third kappa shape index (κ3) is 14.9. The molecule has 2 N–H and O–H groups in total. The highest BCUT2D eigenvalue weighted by molar-refractivity contribution is 7.65. The average molecular weight is 364 g/mol. The van der Waals surface area contributed by atoms with Crippen LogP contribution in [0.25, 0.3) is 0 Å². The second-order valence-corrected chi connectivity index (χ2v) is 10.1. The first-order valence-electron chi connectivity index (χ1n) is 7.69. The number of rotatable bonds is 10. The molecule has 0 spiro atoms. The van der Waals surface area contributed by atoms with Gasteiger partial charge in [0.05, 0.1) is 6.16 Å². The maximum absolute atomic E-state index is 11.6. The molecular weight excluding hydrogens is 334 g/mol. The lowest BCUT2D eigenvalue weighted by atomic mass is 10.1. The van der Waals surface area contributed by atoms with E-state index in [9.17, 15) is 14.0 Å². The third-order valence-electron chi connectivity index (χ3n) is 3.07. The standard InChI is InChI=1S/C16H30O5P2/c1-14(2)8-6-9-15(3)10-7-11-16(4)12-13-23(19,20)21-22(5,17)18/h8,10,12H,6-7,9,11,13H2,1-5H3,(H,17,18)(H,19,20)/b15-10+,16-12+. The van der Waals surface area contributed by atoms with Crippen LogP contribution in [0.15, 0.2) is 34.9 Å². The second-order valence-electron chi connectivity index (χ2n) is 6.16. The normalized spacial score (nSPS) is 18.2. The minimum Gasteiger partial charge on any atom is -0.324 e. The molecule has 0 heterocycles. The van der Waals surface area contributed by atoms with Crippen molar-refractivity contribution in [2.45, 2.75) is 53.4 Å². The smallest absolute Gasteiger partial charge is 0.324 e. The number of hydrogen-bond acceptors (Lipinski definition) is 3. The van der Waals surface area contributed by atoms with Crippen molar-refractivity contribution in [1.29, 1.82) is 0 Å². The largest absolute Gasteiger partial charge is 0.339 e. The zero-order valence-corrected chi connectivity index (χ0v) is 16.6. The molecule has 0 aliphatic carbocycles. The summed E-state index contributed by atoms with van der Waals surface area (Å²) in [6.07, 6.45) is 9.48. The molecule has 0 aromatic rings. The molecule has 0 radical (unpaired) electrons. The van der Waals surface area contributed by atoms with Crippen LogP contribution in [0.2, 0.25) is 0 Å². The van der Waals surface area contributed by atoms with Gasteiger partial charge < -0.3 is 9.79 Å². The topological polar surface area (TPSA) is 83.8 Å². The molecule has 0 fully saturated rings. The van der Waals surface area contributed by atoms with E-state index in [4.69, 9.17) is 4.89 Å². The SMILES string of the molecule is CC(C)=CCC/C(C)=C/CC/C(C)=C/CP(=O)(O)OP(C)(=O)O. The van der Waals surface area contributed by atoms with Crippen molar-refractivity contribution in [2.24, 2.45) is 0 Å². The van der Waals surface area contributed by atoms with Crippen molar-refractivity contribution in [1.82, 2.24) is 0 Å². The highest BCUT2D eigenvalue weighted by Crippen LogP contribution is 2.57. The number of allylic oxidation sites excluding steroid dienone is 6. The molecule has 0 bridgehead atoms. The molecule has 134 valence electrons. The minimum absolute atomic E-state index is 0.250. The summed E-state index contributed by atoms with van der Waals surface area (Å²) >= 11 is 0. The Morgan fingerprint density at radius 1 is 0.913 bits per heavy atom. The van der Waals surface area contributed by atoms with Gasteiger partial charge in [0.2, 0.25) is 0 Å². The molecule has 0 rings (SSSR count). The van der Waals surface area contributed by atoms with Crippen LogP contribution in [0.4, 0.5) is 0 Å². The minimum atomic E-state index is -4.05. The van der Waals surface area contributed by atoms with Gasteiger partial charge in [-0.2, -0.15) is 0 Å². The van der Waals surface area contributed by atoms with Gasteiger partial charge in [-0.1, -0.05) is 34.9 Å². The van der Waals surface area contributed by atoms with Gasteiger partial charge in [0.25, 0.3) is 0 Å². The van der Waals surface area contributed by atoms with Crippen LogP contribution in [-0.4, -0.2) is 22.6 Å². The van der Waals surface area contributed by atoms with E-state index in [0.29, 0.717) is 0 Å². The first-order valence-corrected chi connectivity index (χ1v) is 11.5. The van der Waals surface area contributed by atoms with Crippen molar-refractivity contribution in [2.75, 3.05) is 12.8 Å². The maximum atomic E-state index is 11.6. The van der Waals surface area contributed by atoms with Crippen LogP contribution < -0.4 is 0 Å². The Bertz CT molecular complexity index is 551. The van der Waals surface area contributed by atoms with E-state index in [0.717, 1.165) is 37.9 Å². The van der Waals surface area contributed by atoms with Crippen LogP contribution in [0.3, 0.4) is 0 Å². The van der Waals surface area contributed by atoms with E-state index in [2.05, 4.69) is 37.2 Å². The molecule has 7 heteroatoms. The first kappa shape index (κ1) is 22.6. The summed E-state index contributed by atoms with van der Waals surface area (Å²) in [7, 11) is -8.01. The monoisotopic (exact) mass is 364 g/mol. The third-order valence-corrected chi connectivity index (χ3v) is 5.95. The molecular formula is C16H30O5P2. The Labute approximate surface area is 140 Å². The van der Waals surface area contributed by atoms with Gasteiger partial charge in [-0.05, 0) is 53.4 Å². The van der Waals surface area contributed by atoms with Crippen LogP contribution in [-0.2, 0) is 13.4 Å². The van der Waals surface area contributed by atoms with Gasteiger partial charge in [-0.3, -0.25) is 9.13 Å². The molecule has 0 saturated heterocycles. The average Bonchev–Trinajstić information content (AvgIpc) is 2.33. The molecule has 0 amide bonds. The first-order chi connectivity index (χ1) is 10.4.